The molecule has 0 aliphatic carbocycles. The zero-order valence-corrected chi connectivity index (χ0v) is 14.1. The molecule has 0 saturated carbocycles. The van der Waals surface area contributed by atoms with Gasteiger partial charge in [-0.25, -0.2) is 9.29 Å². The van der Waals surface area contributed by atoms with Crippen LogP contribution in [0.3, 0.4) is 0 Å². The fourth-order valence-electron chi connectivity index (χ4n) is 2.35. The normalized spacial score (nSPS) is 16.2. The largest absolute Gasteiger partial charge is 0.278 e. The molecular formula is C15H9FN6OS2. The summed E-state index contributed by atoms with van der Waals surface area (Å²) in [5, 5.41) is 22.6. The molecule has 1 fully saturated rings. The Hall–Kier alpha value is -2.85. The van der Waals surface area contributed by atoms with Crippen LogP contribution in [0.25, 0.3) is 17.3 Å². The van der Waals surface area contributed by atoms with E-state index in [1.807, 2.05) is 0 Å². The molecule has 124 valence electrons. The first-order chi connectivity index (χ1) is 12.1. The van der Waals surface area contributed by atoms with Gasteiger partial charge >= 0.3 is 0 Å². The average Bonchev–Trinajstić information content (AvgIpc) is 3.31. The Morgan fingerprint density at radius 1 is 1.32 bits per heavy atom. The number of hydrogen-bond acceptors (Lipinski definition) is 7. The van der Waals surface area contributed by atoms with Crippen LogP contribution in [-0.2, 0) is 4.79 Å². The molecule has 1 amide bonds. The van der Waals surface area contributed by atoms with Crippen molar-refractivity contribution in [3.05, 3.63) is 52.3 Å². The molecule has 0 radical (unpaired) electrons. The number of carbonyl (C=O) groups excluding carboxylic acids is 1. The number of nitrogens with zero attached hydrogens (tertiary/aromatic N) is 4. The molecule has 0 bridgehead atoms. The SMILES string of the molecule is N=C1S/C(=C\c2cn[nH]c2-c2ccccc2F)C(=O)N1c1nncs1. The molecule has 1 aromatic carbocycles. The molecule has 2 N–H and O–H groups in total. The minimum absolute atomic E-state index is 0.0453. The summed E-state index contributed by atoms with van der Waals surface area (Å²) in [5.41, 5.74) is 2.89. The van der Waals surface area contributed by atoms with E-state index in [1.54, 1.807) is 24.3 Å². The van der Waals surface area contributed by atoms with Crippen LogP contribution >= 0.6 is 23.1 Å². The van der Waals surface area contributed by atoms with E-state index in [0.29, 0.717) is 26.9 Å². The molecule has 10 heteroatoms. The molecule has 3 aromatic rings. The van der Waals surface area contributed by atoms with Gasteiger partial charge in [-0.3, -0.25) is 15.3 Å². The summed E-state index contributed by atoms with van der Waals surface area (Å²) in [5.74, 6) is -0.757. The third-order valence-corrected chi connectivity index (χ3v) is 5.02. The molecule has 4 rings (SSSR count). The highest BCUT2D eigenvalue weighted by Gasteiger charge is 2.35. The summed E-state index contributed by atoms with van der Waals surface area (Å²) < 4.78 is 14.0. The fraction of sp³-hybridized carbons (Fsp3) is 0. The number of aromatic amines is 1. The highest BCUT2D eigenvalue weighted by Crippen LogP contribution is 2.36. The number of amidine groups is 1. The van der Waals surface area contributed by atoms with Crippen molar-refractivity contribution in [2.24, 2.45) is 0 Å². The summed E-state index contributed by atoms with van der Waals surface area (Å²) in [6, 6.07) is 6.31. The van der Waals surface area contributed by atoms with E-state index < -0.39 is 0 Å². The second-order valence-electron chi connectivity index (χ2n) is 4.96. The number of benzene rings is 1. The molecule has 2 aromatic heterocycles. The maximum absolute atomic E-state index is 14.0. The Labute approximate surface area is 149 Å². The summed E-state index contributed by atoms with van der Waals surface area (Å²) in [6.07, 6.45) is 3.10. The van der Waals surface area contributed by atoms with Gasteiger partial charge in [0.25, 0.3) is 5.91 Å². The van der Waals surface area contributed by atoms with Gasteiger partial charge in [-0.15, -0.1) is 10.2 Å². The first-order valence-electron chi connectivity index (χ1n) is 7.02. The standard InChI is InChI=1S/C15H9FN6OS2/c16-10-4-2-1-3-9(10)12-8(6-18-20-12)5-11-13(23)22(14(17)25-11)15-21-19-7-24-15/h1-7,17H,(H,18,20)/b11-5-,17-14?. The third-order valence-electron chi connectivity index (χ3n) is 3.46. The number of nitrogens with one attached hydrogen (secondary N) is 2. The molecule has 1 aliphatic rings. The van der Waals surface area contributed by atoms with Crippen molar-refractivity contribution < 1.29 is 9.18 Å². The number of halogens is 1. The molecule has 1 aliphatic heterocycles. The van der Waals surface area contributed by atoms with Crippen LogP contribution in [0.15, 0.2) is 40.9 Å². The van der Waals surface area contributed by atoms with Gasteiger partial charge in [0, 0.05) is 11.1 Å². The lowest BCUT2D eigenvalue weighted by molar-refractivity contribution is -0.113. The van der Waals surface area contributed by atoms with Crippen molar-refractivity contribution in [1.29, 1.82) is 5.41 Å². The molecule has 0 unspecified atom stereocenters. The van der Waals surface area contributed by atoms with Gasteiger partial charge in [0.05, 0.1) is 16.8 Å². The van der Waals surface area contributed by atoms with E-state index in [2.05, 4.69) is 20.4 Å². The minimum atomic E-state index is -0.389. The maximum Gasteiger partial charge on any atom is 0.273 e. The molecule has 3 heterocycles. The van der Waals surface area contributed by atoms with Crippen molar-refractivity contribution in [3.63, 3.8) is 0 Å². The number of thioether (sulfide) groups is 1. The lowest BCUT2D eigenvalue weighted by atomic mass is 10.1. The van der Waals surface area contributed by atoms with Gasteiger partial charge in [-0.05, 0) is 30.0 Å². The van der Waals surface area contributed by atoms with Crippen molar-refractivity contribution in [2.45, 2.75) is 0 Å². The van der Waals surface area contributed by atoms with Crippen molar-refractivity contribution in [1.82, 2.24) is 20.4 Å². The number of H-pyrrole nitrogens is 1. The second-order valence-corrected chi connectivity index (χ2v) is 6.80. The maximum atomic E-state index is 14.0. The number of rotatable bonds is 3. The van der Waals surface area contributed by atoms with E-state index >= 15 is 0 Å². The lowest BCUT2D eigenvalue weighted by Gasteiger charge is -2.08. The molecule has 0 atom stereocenters. The van der Waals surface area contributed by atoms with E-state index in [-0.39, 0.29) is 16.9 Å². The molecule has 1 saturated heterocycles. The number of amides is 1. The van der Waals surface area contributed by atoms with Crippen molar-refractivity contribution >= 4 is 45.4 Å². The van der Waals surface area contributed by atoms with Crippen LogP contribution in [0.2, 0.25) is 0 Å². The number of hydrogen-bond donors (Lipinski definition) is 2. The van der Waals surface area contributed by atoms with Gasteiger partial charge in [-0.1, -0.05) is 23.5 Å². The summed E-state index contributed by atoms with van der Waals surface area (Å²) in [7, 11) is 0. The first kappa shape index (κ1) is 15.7. The highest BCUT2D eigenvalue weighted by molar-refractivity contribution is 8.19. The van der Waals surface area contributed by atoms with Gasteiger partial charge in [-0.2, -0.15) is 5.10 Å². The van der Waals surface area contributed by atoms with Gasteiger partial charge in [0.1, 0.15) is 11.3 Å². The van der Waals surface area contributed by atoms with Crippen LogP contribution < -0.4 is 4.90 Å². The highest BCUT2D eigenvalue weighted by atomic mass is 32.2. The van der Waals surface area contributed by atoms with Gasteiger partial charge < -0.3 is 0 Å². The minimum Gasteiger partial charge on any atom is -0.278 e. The van der Waals surface area contributed by atoms with Crippen LogP contribution in [0.1, 0.15) is 5.56 Å². The zero-order chi connectivity index (χ0) is 17.4. The second kappa shape index (κ2) is 6.22. The van der Waals surface area contributed by atoms with E-state index in [4.69, 9.17) is 5.41 Å². The summed E-state index contributed by atoms with van der Waals surface area (Å²) >= 11 is 2.18. The number of aromatic nitrogens is 4. The van der Waals surface area contributed by atoms with Crippen LogP contribution in [0, 0.1) is 11.2 Å². The van der Waals surface area contributed by atoms with Crippen LogP contribution in [0.5, 0.6) is 0 Å². The summed E-state index contributed by atoms with van der Waals surface area (Å²) in [4.78, 5) is 14.1. The molecular weight excluding hydrogens is 363 g/mol. The predicted octanol–water partition coefficient (Wildman–Crippen LogP) is 3.12. The van der Waals surface area contributed by atoms with Crippen molar-refractivity contribution in [3.8, 4) is 11.3 Å². The van der Waals surface area contributed by atoms with Gasteiger partial charge in [0.2, 0.25) is 5.13 Å². The fourth-order valence-corrected chi connectivity index (χ4v) is 3.80. The van der Waals surface area contributed by atoms with E-state index in [0.717, 1.165) is 11.8 Å². The number of carbonyl (C=O) groups is 1. The van der Waals surface area contributed by atoms with Crippen LogP contribution in [0.4, 0.5) is 9.52 Å². The number of anilines is 1. The monoisotopic (exact) mass is 372 g/mol. The zero-order valence-electron chi connectivity index (χ0n) is 12.4. The Morgan fingerprint density at radius 2 is 2.16 bits per heavy atom. The smallest absolute Gasteiger partial charge is 0.273 e. The molecule has 25 heavy (non-hydrogen) atoms. The van der Waals surface area contributed by atoms with E-state index in [1.165, 1.54) is 34.0 Å². The lowest BCUT2D eigenvalue weighted by Crippen LogP contribution is -2.27. The average molecular weight is 372 g/mol. The van der Waals surface area contributed by atoms with E-state index in [9.17, 15) is 9.18 Å². The molecule has 7 nitrogen and oxygen atoms in total. The topological polar surface area (TPSA) is 98.6 Å². The van der Waals surface area contributed by atoms with Crippen molar-refractivity contribution in [2.75, 3.05) is 4.90 Å². The van der Waals surface area contributed by atoms with Crippen LogP contribution in [-0.4, -0.2) is 31.5 Å². The Bertz CT molecular complexity index is 997. The Balaban J connectivity index is 1.72. The third kappa shape index (κ3) is 2.75. The Kier molecular flexibility index (Phi) is 3.90. The Morgan fingerprint density at radius 3 is 2.92 bits per heavy atom. The molecule has 0 spiro atoms. The van der Waals surface area contributed by atoms with Gasteiger partial charge in [0.15, 0.2) is 5.17 Å². The summed E-state index contributed by atoms with van der Waals surface area (Å²) in [6.45, 7) is 0. The first-order valence-corrected chi connectivity index (χ1v) is 8.72. The predicted molar refractivity (Wildman–Crippen MR) is 94.7 cm³/mol. The quantitative estimate of drug-likeness (QED) is 0.688.